The Hall–Kier alpha value is -1.13. The van der Waals surface area contributed by atoms with Crippen molar-refractivity contribution in [3.63, 3.8) is 0 Å². The van der Waals surface area contributed by atoms with Gasteiger partial charge in [0.2, 0.25) is 0 Å². The molecule has 0 spiro atoms. The van der Waals surface area contributed by atoms with E-state index in [-0.39, 0.29) is 0 Å². The Balaban J connectivity index is 2.05. The smallest absolute Gasteiger partial charge is 0.0660 e. The average molecular weight is 292 g/mol. The second-order valence-electron chi connectivity index (χ2n) is 4.50. The number of aromatic nitrogens is 2. The molecule has 88 valence electrons. The number of fused-ring (bicyclic) bond motifs is 1. The van der Waals surface area contributed by atoms with E-state index < -0.39 is 0 Å². The van der Waals surface area contributed by atoms with Crippen LogP contribution in [-0.4, -0.2) is 28.3 Å². The molecule has 0 atom stereocenters. The van der Waals surface area contributed by atoms with Crippen LogP contribution in [0.2, 0.25) is 0 Å². The molecule has 3 nitrogen and oxygen atoms in total. The molecule has 1 aromatic carbocycles. The lowest BCUT2D eigenvalue weighted by atomic mass is 10.1. The van der Waals surface area contributed by atoms with Crippen molar-refractivity contribution >= 4 is 15.9 Å². The lowest BCUT2D eigenvalue weighted by Gasteiger charge is -2.22. The molecule has 0 saturated heterocycles. The van der Waals surface area contributed by atoms with Gasteiger partial charge in [0.25, 0.3) is 0 Å². The highest BCUT2D eigenvalue weighted by Crippen LogP contribution is 2.22. The third-order valence-electron chi connectivity index (χ3n) is 3.18. The molecule has 0 saturated carbocycles. The van der Waals surface area contributed by atoms with Gasteiger partial charge in [-0.3, -0.25) is 0 Å². The fraction of sp³-hybridized carbons (Fsp3) is 0.308. The number of hydrogen-bond donors (Lipinski definition) is 0. The van der Waals surface area contributed by atoms with Crippen LogP contribution >= 0.6 is 15.9 Å². The molecule has 0 amide bonds. The van der Waals surface area contributed by atoms with Gasteiger partial charge in [-0.05, 0) is 25.2 Å². The summed E-state index contributed by atoms with van der Waals surface area (Å²) in [7, 11) is 2.15. The zero-order chi connectivity index (χ0) is 11.8. The third-order valence-corrected chi connectivity index (χ3v) is 3.67. The minimum Gasteiger partial charge on any atom is -0.302 e. The van der Waals surface area contributed by atoms with Crippen molar-refractivity contribution in [3.8, 4) is 5.69 Å². The van der Waals surface area contributed by atoms with Crippen molar-refractivity contribution in [2.45, 2.75) is 13.0 Å². The van der Waals surface area contributed by atoms with Crippen molar-refractivity contribution in [1.29, 1.82) is 0 Å². The van der Waals surface area contributed by atoms with Gasteiger partial charge in [0.05, 0.1) is 11.9 Å². The van der Waals surface area contributed by atoms with E-state index in [1.165, 1.54) is 11.3 Å². The van der Waals surface area contributed by atoms with Gasteiger partial charge in [-0.2, -0.15) is 5.10 Å². The molecule has 3 rings (SSSR count). The van der Waals surface area contributed by atoms with Crippen LogP contribution in [-0.2, 0) is 13.0 Å². The Morgan fingerprint density at radius 2 is 2.24 bits per heavy atom. The molecule has 0 N–H and O–H groups in total. The molecule has 4 heteroatoms. The number of likely N-dealkylation sites (N-methyl/N-ethyl adjacent to an activating group) is 1. The lowest BCUT2D eigenvalue weighted by Crippen LogP contribution is -2.27. The van der Waals surface area contributed by atoms with Crippen molar-refractivity contribution in [2.24, 2.45) is 0 Å². The predicted octanol–water partition coefficient (Wildman–Crippen LogP) is 2.62. The monoisotopic (exact) mass is 291 g/mol. The minimum absolute atomic E-state index is 1.00. The van der Waals surface area contributed by atoms with Crippen LogP contribution in [0.3, 0.4) is 0 Å². The first-order valence-corrected chi connectivity index (χ1v) is 6.53. The molecule has 0 unspecified atom stereocenters. The van der Waals surface area contributed by atoms with Crippen molar-refractivity contribution in [3.05, 3.63) is 46.2 Å². The van der Waals surface area contributed by atoms with Crippen LogP contribution < -0.4 is 0 Å². The van der Waals surface area contributed by atoms with Crippen LogP contribution in [0.25, 0.3) is 5.69 Å². The summed E-state index contributed by atoms with van der Waals surface area (Å²) in [5.74, 6) is 0. The van der Waals surface area contributed by atoms with E-state index in [2.05, 4.69) is 49.8 Å². The summed E-state index contributed by atoms with van der Waals surface area (Å²) in [6.45, 7) is 2.11. The fourth-order valence-corrected chi connectivity index (χ4v) is 2.69. The second kappa shape index (κ2) is 4.27. The summed E-state index contributed by atoms with van der Waals surface area (Å²) >= 11 is 3.50. The molecule has 1 aromatic heterocycles. The topological polar surface area (TPSA) is 21.1 Å². The minimum atomic E-state index is 1.00. The summed E-state index contributed by atoms with van der Waals surface area (Å²) in [5, 5.41) is 4.51. The molecule has 1 aliphatic heterocycles. The van der Waals surface area contributed by atoms with Crippen LogP contribution in [0, 0.1) is 0 Å². The second-order valence-corrected chi connectivity index (χ2v) is 5.41. The lowest BCUT2D eigenvalue weighted by molar-refractivity contribution is 0.310. The predicted molar refractivity (Wildman–Crippen MR) is 71.3 cm³/mol. The van der Waals surface area contributed by atoms with Crippen LogP contribution in [0.4, 0.5) is 0 Å². The summed E-state index contributed by atoms with van der Waals surface area (Å²) in [4.78, 5) is 2.33. The molecule has 0 bridgehead atoms. The average Bonchev–Trinajstić information content (AvgIpc) is 2.71. The standard InChI is InChI=1S/C13H14BrN3/c1-16-6-5-13-10(9-16)8-15-17(13)12-4-2-3-11(14)7-12/h2-4,7-8H,5-6,9H2,1H3. The summed E-state index contributed by atoms with van der Waals surface area (Å²) in [6, 6.07) is 8.28. The summed E-state index contributed by atoms with van der Waals surface area (Å²) < 4.78 is 3.15. The normalized spacial score (nSPS) is 15.9. The van der Waals surface area contributed by atoms with Crippen molar-refractivity contribution < 1.29 is 0 Å². The highest BCUT2D eigenvalue weighted by molar-refractivity contribution is 9.10. The number of hydrogen-bond acceptors (Lipinski definition) is 2. The summed E-state index contributed by atoms with van der Waals surface area (Å²) in [5.41, 5.74) is 3.82. The Bertz CT molecular complexity index is 547. The highest BCUT2D eigenvalue weighted by Gasteiger charge is 2.18. The van der Waals surface area contributed by atoms with E-state index in [1.54, 1.807) is 0 Å². The van der Waals surface area contributed by atoms with Gasteiger partial charge in [-0.25, -0.2) is 4.68 Å². The molecule has 17 heavy (non-hydrogen) atoms. The van der Waals surface area contributed by atoms with E-state index in [4.69, 9.17) is 0 Å². The summed E-state index contributed by atoms with van der Waals surface area (Å²) in [6.07, 6.45) is 3.06. The van der Waals surface area contributed by atoms with Crippen LogP contribution in [0.1, 0.15) is 11.3 Å². The number of nitrogens with zero attached hydrogens (tertiary/aromatic N) is 3. The Morgan fingerprint density at radius 1 is 1.35 bits per heavy atom. The van der Waals surface area contributed by atoms with E-state index >= 15 is 0 Å². The SMILES string of the molecule is CN1CCc2c(cnn2-c2cccc(Br)c2)C1. The molecule has 0 radical (unpaired) electrons. The maximum Gasteiger partial charge on any atom is 0.0660 e. The van der Waals surface area contributed by atoms with Crippen LogP contribution in [0.15, 0.2) is 34.9 Å². The van der Waals surface area contributed by atoms with Crippen molar-refractivity contribution in [1.82, 2.24) is 14.7 Å². The van der Waals surface area contributed by atoms with E-state index in [9.17, 15) is 0 Å². The first kappa shape index (κ1) is 11.0. The van der Waals surface area contributed by atoms with Crippen LogP contribution in [0.5, 0.6) is 0 Å². The molecular formula is C13H14BrN3. The third kappa shape index (κ3) is 2.03. The van der Waals surface area contributed by atoms with Gasteiger partial charge in [0, 0.05) is 35.2 Å². The van der Waals surface area contributed by atoms with Crippen molar-refractivity contribution in [2.75, 3.05) is 13.6 Å². The van der Waals surface area contributed by atoms with E-state index in [0.717, 1.165) is 29.7 Å². The van der Waals surface area contributed by atoms with Gasteiger partial charge in [0.1, 0.15) is 0 Å². The van der Waals surface area contributed by atoms with Gasteiger partial charge in [0.15, 0.2) is 0 Å². The number of benzene rings is 1. The first-order chi connectivity index (χ1) is 8.24. The molecule has 0 fully saturated rings. The first-order valence-electron chi connectivity index (χ1n) is 5.74. The Labute approximate surface area is 109 Å². The quantitative estimate of drug-likeness (QED) is 0.805. The van der Waals surface area contributed by atoms with Gasteiger partial charge in [-0.1, -0.05) is 22.0 Å². The zero-order valence-corrected chi connectivity index (χ0v) is 11.3. The maximum absolute atomic E-state index is 4.51. The van der Waals surface area contributed by atoms with Gasteiger partial charge >= 0.3 is 0 Å². The maximum atomic E-state index is 4.51. The molecule has 1 aliphatic rings. The molecule has 2 aromatic rings. The molecular weight excluding hydrogens is 278 g/mol. The number of halogens is 1. The number of rotatable bonds is 1. The van der Waals surface area contributed by atoms with Gasteiger partial charge < -0.3 is 4.90 Å². The Morgan fingerprint density at radius 3 is 3.06 bits per heavy atom. The van der Waals surface area contributed by atoms with E-state index in [1.807, 2.05) is 18.3 Å². The largest absolute Gasteiger partial charge is 0.302 e. The van der Waals surface area contributed by atoms with E-state index in [0.29, 0.717) is 0 Å². The molecule has 0 aliphatic carbocycles. The molecule has 2 heterocycles. The highest BCUT2D eigenvalue weighted by atomic mass is 79.9. The zero-order valence-electron chi connectivity index (χ0n) is 9.73. The fourth-order valence-electron chi connectivity index (χ4n) is 2.30. The van der Waals surface area contributed by atoms with Gasteiger partial charge in [-0.15, -0.1) is 0 Å². The Kier molecular flexibility index (Phi) is 2.76.